The molecule has 4 atom stereocenters. The summed E-state index contributed by atoms with van der Waals surface area (Å²) in [5.74, 6) is -7.42. The molecular weight excluding hydrogens is 945 g/mol. The molecule has 14 N–H and O–H groups in total. The largest absolute Gasteiger partial charge is 0.458 e. The van der Waals surface area contributed by atoms with Gasteiger partial charge in [0, 0.05) is 13.1 Å². The third-order valence-electron chi connectivity index (χ3n) is 8.54. The number of carbonyl (C=O) groups is 8. The van der Waals surface area contributed by atoms with E-state index in [1.807, 2.05) is 0 Å². The molecule has 2 heterocycles. The molecule has 2 aromatic heterocycles. The molecule has 2 aromatic rings. The van der Waals surface area contributed by atoms with E-state index >= 15 is 0 Å². The van der Waals surface area contributed by atoms with E-state index in [9.17, 15) is 38.4 Å². The molecular formula is C44H74N16O12. The number of rotatable bonds is 29. The number of unbranched alkanes of at least 4 members (excludes halogenated alkanes) is 3. The van der Waals surface area contributed by atoms with Gasteiger partial charge in [-0.3, -0.25) is 19.2 Å². The van der Waals surface area contributed by atoms with E-state index in [0.29, 0.717) is 38.8 Å². The highest BCUT2D eigenvalue weighted by atomic mass is 16.6. The Morgan fingerprint density at radius 3 is 0.736 bits per heavy atom. The van der Waals surface area contributed by atoms with Crippen LogP contribution in [0.5, 0.6) is 0 Å². The third kappa shape index (κ3) is 26.0. The molecule has 0 aliphatic heterocycles. The molecule has 28 heteroatoms. The second-order valence-corrected chi connectivity index (χ2v) is 20.5. The highest BCUT2D eigenvalue weighted by molar-refractivity contribution is 5.89. The van der Waals surface area contributed by atoms with Gasteiger partial charge in [-0.2, -0.15) is 29.9 Å². The van der Waals surface area contributed by atoms with Crippen LogP contribution < -0.4 is 54.8 Å². The van der Waals surface area contributed by atoms with Crippen molar-refractivity contribution in [3.05, 3.63) is 0 Å². The van der Waals surface area contributed by atoms with E-state index in [-0.39, 0.29) is 35.7 Å². The van der Waals surface area contributed by atoms with Gasteiger partial charge in [-0.05, 0) is 95.9 Å². The normalized spacial score (nSPS) is 13.4. The van der Waals surface area contributed by atoms with Crippen molar-refractivity contribution in [2.24, 2.45) is 22.9 Å². The van der Waals surface area contributed by atoms with Crippen LogP contribution in [0.25, 0.3) is 0 Å². The van der Waals surface area contributed by atoms with Gasteiger partial charge in [0.1, 0.15) is 46.6 Å². The SMILES string of the molecule is CC(C)(C)OC(=O)[C@H](CC(N)=O)Nc1nc(NCCCCCCNc2nc(N[C@@H](CC(N)=O)C(=O)OC(C)(C)C)nc(N[C@@H](CC(N)=O)C(=O)OC(C)(C)C)n2)nc(N[C@@H](CC(N)=O)C(=O)OC(C)(C)C)n1. The number of hydrogen-bond acceptors (Lipinski definition) is 24. The second-order valence-electron chi connectivity index (χ2n) is 20.5. The number of amides is 4. The molecule has 0 bridgehead atoms. The standard InChI is InChI=1S/C44H74N16O12/c1-41(2,3)69-31(65)23(19-27(45)61)51-37-55-35(56-38(59-37)52-24(20-28(46)62)32(66)70-42(4,5)6)49-17-15-13-14-16-18-50-36-57-39(53-25(21-29(47)63)33(67)71-43(7,8)9)60-40(58-36)54-26(22-30(48)64)34(68)72-44(10,11)12/h23-26H,13-22H2,1-12H3,(H2,45,61)(H2,46,62)(H2,47,63)(H2,48,64)(H3,49,51,52,55,56,59)(H3,50,53,54,57,58,60)/t23-,24-,25-,26-/m0/s1. The van der Waals surface area contributed by atoms with Crippen molar-refractivity contribution >= 4 is 83.2 Å². The summed E-state index contributed by atoms with van der Waals surface area (Å²) in [6.45, 7) is 20.4. The van der Waals surface area contributed by atoms with E-state index in [4.69, 9.17) is 41.9 Å². The molecule has 2 rings (SSSR count). The van der Waals surface area contributed by atoms with Gasteiger partial charge in [-0.15, -0.1) is 0 Å². The maximum atomic E-state index is 13.1. The van der Waals surface area contributed by atoms with Gasteiger partial charge in [0.2, 0.25) is 59.3 Å². The van der Waals surface area contributed by atoms with Crippen molar-refractivity contribution in [1.82, 2.24) is 29.9 Å². The molecule has 0 saturated carbocycles. The monoisotopic (exact) mass is 1020 g/mol. The smallest absolute Gasteiger partial charge is 0.329 e. The molecule has 0 aliphatic carbocycles. The van der Waals surface area contributed by atoms with Crippen LogP contribution in [0.4, 0.5) is 35.7 Å². The number of ether oxygens (including phenoxy) is 4. The Labute approximate surface area is 418 Å². The zero-order valence-corrected chi connectivity index (χ0v) is 43.3. The number of anilines is 6. The first kappa shape index (κ1) is 60.7. The van der Waals surface area contributed by atoms with Crippen LogP contribution >= 0.6 is 0 Å². The first-order valence-corrected chi connectivity index (χ1v) is 23.2. The minimum absolute atomic E-state index is 0.0150. The average Bonchev–Trinajstić information content (AvgIpc) is 3.17. The number of primary amides is 4. The maximum absolute atomic E-state index is 13.1. The quantitative estimate of drug-likeness (QED) is 0.0310. The van der Waals surface area contributed by atoms with E-state index < -0.39 is 120 Å². The number of esters is 4. The van der Waals surface area contributed by atoms with Crippen molar-refractivity contribution in [3.8, 4) is 0 Å². The van der Waals surface area contributed by atoms with Gasteiger partial charge in [0.05, 0.1) is 25.7 Å². The van der Waals surface area contributed by atoms with Gasteiger partial charge in [0.15, 0.2) is 0 Å². The van der Waals surface area contributed by atoms with Gasteiger partial charge in [-0.25, -0.2) is 19.2 Å². The molecule has 28 nitrogen and oxygen atoms in total. The van der Waals surface area contributed by atoms with Crippen LogP contribution in [0.15, 0.2) is 0 Å². The summed E-state index contributed by atoms with van der Waals surface area (Å²) in [7, 11) is 0. The van der Waals surface area contributed by atoms with E-state index in [1.54, 1.807) is 83.1 Å². The molecule has 72 heavy (non-hydrogen) atoms. The molecule has 0 saturated heterocycles. The summed E-state index contributed by atoms with van der Waals surface area (Å²) in [5, 5.41) is 17.2. The van der Waals surface area contributed by atoms with Crippen LogP contribution in [0.2, 0.25) is 0 Å². The first-order chi connectivity index (χ1) is 33.1. The summed E-state index contributed by atoms with van der Waals surface area (Å²) in [5.41, 5.74) is 18.1. The predicted molar refractivity (Wildman–Crippen MR) is 263 cm³/mol. The topological polar surface area (TPSA) is 427 Å². The fraction of sp³-hybridized carbons (Fsp3) is 0.682. The fourth-order valence-electron chi connectivity index (χ4n) is 5.86. The lowest BCUT2D eigenvalue weighted by atomic mass is 10.1. The lowest BCUT2D eigenvalue weighted by Gasteiger charge is -2.25. The second kappa shape index (κ2) is 26.7. The number of hydrogen-bond donors (Lipinski definition) is 10. The lowest BCUT2D eigenvalue weighted by molar-refractivity contribution is -0.157. The molecule has 0 aromatic carbocycles. The Morgan fingerprint density at radius 1 is 0.361 bits per heavy atom. The first-order valence-electron chi connectivity index (χ1n) is 23.2. The zero-order chi connectivity index (χ0) is 54.8. The maximum Gasteiger partial charge on any atom is 0.329 e. The zero-order valence-electron chi connectivity index (χ0n) is 43.3. The summed E-state index contributed by atoms with van der Waals surface area (Å²) < 4.78 is 21.9. The van der Waals surface area contributed by atoms with Crippen molar-refractivity contribution in [3.63, 3.8) is 0 Å². The van der Waals surface area contributed by atoms with Gasteiger partial charge in [0.25, 0.3) is 0 Å². The Kier molecular flexibility index (Phi) is 22.5. The molecule has 402 valence electrons. The Morgan fingerprint density at radius 2 is 0.556 bits per heavy atom. The summed E-state index contributed by atoms with van der Waals surface area (Å²) >= 11 is 0. The van der Waals surface area contributed by atoms with Gasteiger partial charge in [-0.1, -0.05) is 12.8 Å². The number of nitrogens with zero attached hydrogens (tertiary/aromatic N) is 6. The minimum atomic E-state index is -1.32. The van der Waals surface area contributed by atoms with E-state index in [2.05, 4.69) is 61.8 Å². The van der Waals surface area contributed by atoms with Crippen LogP contribution in [0.3, 0.4) is 0 Å². The molecule has 0 radical (unpaired) electrons. The highest BCUT2D eigenvalue weighted by Crippen LogP contribution is 2.20. The van der Waals surface area contributed by atoms with Gasteiger partial charge < -0.3 is 73.8 Å². The number of carbonyl (C=O) groups excluding carboxylic acids is 8. The summed E-state index contributed by atoms with van der Waals surface area (Å²) in [6.07, 6.45) is 0.558. The van der Waals surface area contributed by atoms with E-state index in [1.165, 1.54) is 0 Å². The van der Waals surface area contributed by atoms with Crippen molar-refractivity contribution < 1.29 is 57.3 Å². The lowest BCUT2D eigenvalue weighted by Crippen LogP contribution is -2.40. The molecule has 0 unspecified atom stereocenters. The summed E-state index contributed by atoms with van der Waals surface area (Å²) in [4.78, 5) is 126. The van der Waals surface area contributed by atoms with Gasteiger partial charge >= 0.3 is 23.9 Å². The fourth-order valence-corrected chi connectivity index (χ4v) is 5.86. The third-order valence-corrected chi connectivity index (χ3v) is 8.54. The Balaban J connectivity index is 2.32. The average molecular weight is 1020 g/mol. The minimum Gasteiger partial charge on any atom is -0.458 e. The highest BCUT2D eigenvalue weighted by Gasteiger charge is 2.32. The van der Waals surface area contributed by atoms with Crippen molar-refractivity contribution in [2.45, 2.75) is 181 Å². The van der Waals surface area contributed by atoms with Crippen LogP contribution in [-0.2, 0) is 57.3 Å². The van der Waals surface area contributed by atoms with Crippen LogP contribution in [-0.4, -0.2) is 137 Å². The number of aromatic nitrogens is 6. The van der Waals surface area contributed by atoms with Crippen molar-refractivity contribution in [2.75, 3.05) is 45.0 Å². The van der Waals surface area contributed by atoms with Crippen LogP contribution in [0.1, 0.15) is 134 Å². The number of nitrogens with one attached hydrogen (secondary N) is 6. The Bertz CT molecular complexity index is 1930. The van der Waals surface area contributed by atoms with Crippen molar-refractivity contribution in [1.29, 1.82) is 0 Å². The number of nitrogens with two attached hydrogens (primary N) is 4. The van der Waals surface area contributed by atoms with E-state index in [0.717, 1.165) is 0 Å². The molecule has 0 aliphatic rings. The Hall–Kier alpha value is -7.42. The molecule has 4 amide bonds. The molecule has 0 fully saturated rings. The molecule has 0 spiro atoms. The summed E-state index contributed by atoms with van der Waals surface area (Å²) in [6, 6.07) is -5.27. The van der Waals surface area contributed by atoms with Crippen LogP contribution in [0, 0.1) is 0 Å². The predicted octanol–water partition coefficient (Wildman–Crippen LogP) is 1.13.